The zero-order valence-corrected chi connectivity index (χ0v) is 17.4. The van der Waals surface area contributed by atoms with Crippen molar-refractivity contribution in [3.63, 3.8) is 0 Å². The van der Waals surface area contributed by atoms with Gasteiger partial charge in [-0.15, -0.1) is 11.8 Å². The molecule has 0 atom stereocenters. The van der Waals surface area contributed by atoms with Crippen molar-refractivity contribution < 1.29 is 32.7 Å². The molecule has 2 aromatic rings. The molecular weight excluding hydrogens is 465 g/mol. The average molecular weight is 481 g/mol. The smallest absolute Gasteiger partial charge is 0.399 e. The maximum absolute atomic E-state index is 13.8. The van der Waals surface area contributed by atoms with Crippen LogP contribution in [0.1, 0.15) is 28.4 Å². The highest BCUT2D eigenvalue weighted by atomic mass is 79.9. The first-order valence-corrected chi connectivity index (χ1v) is 11.1. The molecule has 0 saturated heterocycles. The summed E-state index contributed by atoms with van der Waals surface area (Å²) in [4.78, 5) is 30.3. The van der Waals surface area contributed by atoms with E-state index in [9.17, 15) is 18.1 Å². The highest BCUT2D eigenvalue weighted by Crippen LogP contribution is 2.60. The molecule has 0 spiro atoms. The number of hydrogen-bond acceptors (Lipinski definition) is 4. The van der Waals surface area contributed by atoms with Gasteiger partial charge in [0.15, 0.2) is 0 Å². The van der Waals surface area contributed by atoms with E-state index in [1.54, 1.807) is 31.2 Å². The number of halogens is 3. The van der Waals surface area contributed by atoms with Crippen LogP contribution in [0.3, 0.4) is 0 Å². The summed E-state index contributed by atoms with van der Waals surface area (Å²) in [7, 11) is -5.63. The minimum absolute atomic E-state index is 0.0887. The number of rotatable bonds is 7. The Labute approximate surface area is 167 Å². The van der Waals surface area contributed by atoms with Crippen molar-refractivity contribution in [1.82, 2.24) is 0 Å². The Balaban J connectivity index is 2.14. The van der Waals surface area contributed by atoms with Crippen molar-refractivity contribution in [3.05, 3.63) is 63.6 Å². The number of carbonyl (C=O) groups excluding carboxylic acids is 1. The van der Waals surface area contributed by atoms with E-state index in [2.05, 4.69) is 15.9 Å². The van der Waals surface area contributed by atoms with E-state index in [1.807, 2.05) is 0 Å². The third-order valence-electron chi connectivity index (χ3n) is 3.47. The summed E-state index contributed by atoms with van der Waals surface area (Å²) in [5.41, 5.74) is -3.96. The van der Waals surface area contributed by atoms with Crippen LogP contribution in [-0.4, -0.2) is 22.4 Å². The lowest BCUT2D eigenvalue weighted by Gasteiger charge is -2.19. The van der Waals surface area contributed by atoms with Gasteiger partial charge < -0.3 is 14.5 Å². The van der Waals surface area contributed by atoms with Gasteiger partial charge in [-0.2, -0.15) is 8.78 Å². The lowest BCUT2D eigenvalue weighted by Crippen LogP contribution is -2.14. The van der Waals surface area contributed by atoms with E-state index >= 15 is 0 Å². The van der Waals surface area contributed by atoms with Crippen LogP contribution in [0.5, 0.6) is 0 Å². The molecule has 2 aromatic carbocycles. The molecule has 0 heterocycles. The summed E-state index contributed by atoms with van der Waals surface area (Å²) in [6, 6.07) is 10.6. The molecular formula is C17H16BrF2O5PS. The average Bonchev–Trinajstić information content (AvgIpc) is 2.59. The maximum atomic E-state index is 13.8. The van der Waals surface area contributed by atoms with Crippen LogP contribution in [0.25, 0.3) is 0 Å². The van der Waals surface area contributed by atoms with Gasteiger partial charge in [0.05, 0.1) is 12.2 Å². The Morgan fingerprint density at radius 2 is 1.96 bits per heavy atom. The van der Waals surface area contributed by atoms with Gasteiger partial charge in [0.1, 0.15) is 0 Å². The second-order valence-corrected chi connectivity index (χ2v) is 8.99. The van der Waals surface area contributed by atoms with E-state index < -0.39 is 24.8 Å². The first-order valence-electron chi connectivity index (χ1n) is 7.68. The number of benzene rings is 2. The zero-order chi connectivity index (χ0) is 20.2. The fraction of sp³-hybridized carbons (Fsp3) is 0.235. The third kappa shape index (κ3) is 5.39. The van der Waals surface area contributed by atoms with Crippen molar-refractivity contribution in [2.45, 2.75) is 23.2 Å². The van der Waals surface area contributed by atoms with Crippen LogP contribution in [0.2, 0.25) is 0 Å². The Morgan fingerprint density at radius 3 is 2.56 bits per heavy atom. The van der Waals surface area contributed by atoms with E-state index in [0.717, 1.165) is 11.0 Å². The highest BCUT2D eigenvalue weighted by molar-refractivity contribution is 9.10. The number of alkyl halides is 2. The Kier molecular flexibility index (Phi) is 7.21. The summed E-state index contributed by atoms with van der Waals surface area (Å²) in [6.45, 7) is 1.99. The first-order chi connectivity index (χ1) is 12.6. The molecule has 0 unspecified atom stereocenters. The van der Waals surface area contributed by atoms with Crippen LogP contribution in [-0.2, 0) is 20.7 Å². The molecule has 0 aromatic heterocycles. The number of hydrogen-bond donors (Lipinski definition) is 2. The summed E-state index contributed by atoms with van der Waals surface area (Å²) in [5.74, 6) is -0.0150. The minimum atomic E-state index is -5.63. The van der Waals surface area contributed by atoms with Crippen molar-refractivity contribution >= 4 is 41.3 Å². The predicted molar refractivity (Wildman–Crippen MR) is 102 cm³/mol. The largest absolute Gasteiger partial charge is 0.462 e. The number of carbonyl (C=O) groups is 1. The molecule has 27 heavy (non-hydrogen) atoms. The summed E-state index contributed by atoms with van der Waals surface area (Å²) >= 11 is 4.34. The molecule has 0 aliphatic carbocycles. The summed E-state index contributed by atoms with van der Waals surface area (Å²) in [6.07, 6.45) is 0. The van der Waals surface area contributed by atoms with Gasteiger partial charge >= 0.3 is 19.2 Å². The van der Waals surface area contributed by atoms with Crippen LogP contribution in [0.4, 0.5) is 8.78 Å². The van der Waals surface area contributed by atoms with Gasteiger partial charge in [-0.25, -0.2) is 4.79 Å². The van der Waals surface area contributed by atoms with Gasteiger partial charge in [0.25, 0.3) is 0 Å². The second kappa shape index (κ2) is 8.84. The molecule has 2 rings (SSSR count). The van der Waals surface area contributed by atoms with Crippen LogP contribution in [0, 0.1) is 0 Å². The maximum Gasteiger partial charge on any atom is 0.399 e. The van der Waals surface area contributed by atoms with Gasteiger partial charge in [-0.3, -0.25) is 4.57 Å². The molecule has 2 N–H and O–H groups in total. The van der Waals surface area contributed by atoms with Gasteiger partial charge in [0.2, 0.25) is 0 Å². The summed E-state index contributed by atoms with van der Waals surface area (Å²) < 4.78 is 43.6. The van der Waals surface area contributed by atoms with Crippen molar-refractivity contribution in [3.8, 4) is 0 Å². The highest BCUT2D eigenvalue weighted by Gasteiger charge is 2.51. The lowest BCUT2D eigenvalue weighted by molar-refractivity contribution is 0.0526. The fourth-order valence-corrected chi connectivity index (χ4v) is 4.38. The molecule has 0 radical (unpaired) electrons. The molecule has 5 nitrogen and oxygen atoms in total. The molecule has 0 fully saturated rings. The van der Waals surface area contributed by atoms with Crippen LogP contribution >= 0.6 is 35.3 Å². The topological polar surface area (TPSA) is 83.8 Å². The molecule has 0 amide bonds. The van der Waals surface area contributed by atoms with Gasteiger partial charge in [-0.05, 0) is 36.8 Å². The number of thioether (sulfide) groups is 1. The number of ether oxygens (including phenoxy) is 1. The monoisotopic (exact) mass is 480 g/mol. The zero-order valence-electron chi connectivity index (χ0n) is 14.1. The predicted octanol–water partition coefficient (Wildman–Crippen LogP) is 5.15. The number of esters is 1. The Bertz CT molecular complexity index is 887. The Morgan fingerprint density at radius 1 is 1.26 bits per heavy atom. The minimum Gasteiger partial charge on any atom is -0.462 e. The Hall–Kier alpha value is -1.25. The van der Waals surface area contributed by atoms with Gasteiger partial charge in [0, 0.05) is 20.7 Å². The lowest BCUT2D eigenvalue weighted by atomic mass is 10.1. The van der Waals surface area contributed by atoms with E-state index in [0.29, 0.717) is 16.9 Å². The van der Waals surface area contributed by atoms with E-state index in [1.165, 1.54) is 23.9 Å². The third-order valence-corrected chi connectivity index (χ3v) is 6.17. The van der Waals surface area contributed by atoms with Crippen molar-refractivity contribution in [2.24, 2.45) is 0 Å². The summed E-state index contributed by atoms with van der Waals surface area (Å²) in [5, 5.41) is 0. The van der Waals surface area contributed by atoms with E-state index in [-0.39, 0.29) is 11.1 Å². The van der Waals surface area contributed by atoms with Gasteiger partial charge in [-0.1, -0.05) is 34.1 Å². The first kappa shape index (κ1) is 22.0. The molecule has 10 heteroatoms. The molecule has 0 aliphatic rings. The van der Waals surface area contributed by atoms with Crippen LogP contribution < -0.4 is 0 Å². The normalized spacial score (nSPS) is 12.1. The standard InChI is InChI=1S/C17H16BrF2O5PS/c1-2-25-16(21)12-4-3-5-13(9-12)27-10-11-6-7-14(15(18)8-11)17(19,20)26(22,23)24/h3-9H,2,10H2,1H3,(H2,22,23,24). The second-order valence-electron chi connectivity index (χ2n) is 5.44. The molecule has 146 valence electrons. The van der Waals surface area contributed by atoms with Crippen LogP contribution in [0.15, 0.2) is 51.8 Å². The molecule has 0 bridgehead atoms. The van der Waals surface area contributed by atoms with Crippen molar-refractivity contribution in [2.75, 3.05) is 6.61 Å². The van der Waals surface area contributed by atoms with E-state index in [4.69, 9.17) is 14.5 Å². The SMILES string of the molecule is CCOC(=O)c1cccc(SCc2ccc(C(F)(F)P(=O)(O)O)c(Br)c2)c1. The molecule has 0 aliphatic heterocycles. The fourth-order valence-electron chi connectivity index (χ4n) is 2.14. The van der Waals surface area contributed by atoms with Crippen molar-refractivity contribution in [1.29, 1.82) is 0 Å². The molecule has 0 saturated carbocycles. The quantitative estimate of drug-likeness (QED) is 0.324.